The molecule has 20 heavy (non-hydrogen) atoms. The van der Waals surface area contributed by atoms with Gasteiger partial charge in [0.05, 0.1) is 11.3 Å². The summed E-state index contributed by atoms with van der Waals surface area (Å²) in [6.07, 6.45) is -3.29. The van der Waals surface area contributed by atoms with Crippen LogP contribution in [0.5, 0.6) is 0 Å². The standard InChI is InChI=1S/C13H10ClF4NS/c14-5-1-2-9-7-20-12(19-9)10-4-3-8(15)6-11(10)13(16,17)18/h3-4,6-7H,1-2,5H2. The zero-order valence-corrected chi connectivity index (χ0v) is 11.7. The summed E-state index contributed by atoms with van der Waals surface area (Å²) < 4.78 is 51.8. The van der Waals surface area contributed by atoms with Gasteiger partial charge < -0.3 is 0 Å². The molecule has 7 heteroatoms. The summed E-state index contributed by atoms with van der Waals surface area (Å²) in [5, 5.41) is 1.94. The first kappa shape index (κ1) is 15.3. The molecule has 1 aromatic heterocycles. The number of nitrogens with zero attached hydrogens (tertiary/aromatic N) is 1. The molecule has 1 heterocycles. The van der Waals surface area contributed by atoms with Crippen LogP contribution in [-0.4, -0.2) is 10.9 Å². The molecule has 2 aromatic rings. The van der Waals surface area contributed by atoms with Gasteiger partial charge in [-0.15, -0.1) is 22.9 Å². The van der Waals surface area contributed by atoms with Crippen molar-refractivity contribution < 1.29 is 17.6 Å². The van der Waals surface area contributed by atoms with Crippen LogP contribution in [0.2, 0.25) is 0 Å². The maximum Gasteiger partial charge on any atom is 0.417 e. The van der Waals surface area contributed by atoms with Crippen molar-refractivity contribution in [3.63, 3.8) is 0 Å². The summed E-state index contributed by atoms with van der Waals surface area (Å²) >= 11 is 6.68. The zero-order chi connectivity index (χ0) is 14.8. The molecule has 0 saturated carbocycles. The molecule has 1 aromatic carbocycles. The molecule has 1 nitrogen and oxygen atoms in total. The molecule has 0 aliphatic rings. The molecule has 0 radical (unpaired) electrons. The molecular formula is C13H10ClF4NS. The van der Waals surface area contributed by atoms with E-state index in [1.54, 1.807) is 5.38 Å². The number of thiazole rings is 1. The predicted octanol–water partition coefficient (Wildman–Crippen LogP) is 5.14. The molecule has 0 aliphatic carbocycles. The topological polar surface area (TPSA) is 12.9 Å². The van der Waals surface area contributed by atoms with Gasteiger partial charge >= 0.3 is 6.18 Å². The number of alkyl halides is 4. The highest BCUT2D eigenvalue weighted by Crippen LogP contribution is 2.38. The van der Waals surface area contributed by atoms with Crippen molar-refractivity contribution in [2.24, 2.45) is 0 Å². The maximum absolute atomic E-state index is 13.0. The van der Waals surface area contributed by atoms with Crippen molar-refractivity contribution in [1.82, 2.24) is 4.98 Å². The van der Waals surface area contributed by atoms with Crippen molar-refractivity contribution in [2.75, 3.05) is 5.88 Å². The number of aryl methyl sites for hydroxylation is 1. The van der Waals surface area contributed by atoms with Gasteiger partial charge in [0.2, 0.25) is 0 Å². The smallest absolute Gasteiger partial charge is 0.241 e. The Hall–Kier alpha value is -1.14. The second-order valence-corrected chi connectivity index (χ2v) is 5.36. The third-order valence-corrected chi connectivity index (χ3v) is 3.83. The summed E-state index contributed by atoms with van der Waals surface area (Å²) in [4.78, 5) is 4.16. The quantitative estimate of drug-likeness (QED) is 0.561. The van der Waals surface area contributed by atoms with Crippen LogP contribution in [0, 0.1) is 5.82 Å². The van der Waals surface area contributed by atoms with Gasteiger partial charge in [-0.3, -0.25) is 0 Å². The van der Waals surface area contributed by atoms with E-state index in [0.717, 1.165) is 23.5 Å². The summed E-state index contributed by atoms with van der Waals surface area (Å²) in [7, 11) is 0. The lowest BCUT2D eigenvalue weighted by molar-refractivity contribution is -0.137. The van der Waals surface area contributed by atoms with Gasteiger partial charge in [-0.25, -0.2) is 9.37 Å². The Bertz CT molecular complexity index is 594. The average Bonchev–Trinajstić information content (AvgIpc) is 2.84. The molecular weight excluding hydrogens is 314 g/mol. The molecule has 0 fully saturated rings. The minimum Gasteiger partial charge on any atom is -0.241 e. The van der Waals surface area contributed by atoms with Gasteiger partial charge in [0.15, 0.2) is 0 Å². The normalized spacial score (nSPS) is 11.8. The first-order valence-corrected chi connectivity index (χ1v) is 7.20. The lowest BCUT2D eigenvalue weighted by Crippen LogP contribution is -2.07. The molecule has 0 saturated heterocycles. The summed E-state index contributed by atoms with van der Waals surface area (Å²) in [6, 6.07) is 2.61. The third-order valence-electron chi connectivity index (χ3n) is 2.64. The van der Waals surface area contributed by atoms with Crippen molar-refractivity contribution in [2.45, 2.75) is 19.0 Å². The Balaban J connectivity index is 2.39. The molecule has 0 spiro atoms. The zero-order valence-electron chi connectivity index (χ0n) is 10.2. The van der Waals surface area contributed by atoms with Crippen LogP contribution in [0.3, 0.4) is 0 Å². The second kappa shape index (κ2) is 6.10. The molecule has 2 rings (SSSR count). The Morgan fingerprint density at radius 3 is 2.65 bits per heavy atom. The van der Waals surface area contributed by atoms with Gasteiger partial charge in [0.25, 0.3) is 0 Å². The highest BCUT2D eigenvalue weighted by atomic mass is 35.5. The minimum absolute atomic E-state index is 0.0963. The van der Waals surface area contributed by atoms with Crippen molar-refractivity contribution >= 4 is 22.9 Å². The van der Waals surface area contributed by atoms with Crippen LogP contribution in [0.15, 0.2) is 23.6 Å². The Morgan fingerprint density at radius 1 is 1.25 bits per heavy atom. The second-order valence-electron chi connectivity index (χ2n) is 4.12. The van der Waals surface area contributed by atoms with E-state index < -0.39 is 17.6 Å². The molecule has 108 valence electrons. The van der Waals surface area contributed by atoms with Gasteiger partial charge in [-0.05, 0) is 31.0 Å². The Kier molecular flexibility index (Phi) is 4.65. The summed E-state index contributed by atoms with van der Waals surface area (Å²) in [5.74, 6) is -0.447. The van der Waals surface area contributed by atoms with E-state index in [-0.39, 0.29) is 10.6 Å². The van der Waals surface area contributed by atoms with Crippen LogP contribution < -0.4 is 0 Å². The lowest BCUT2D eigenvalue weighted by Gasteiger charge is -2.11. The summed E-state index contributed by atoms with van der Waals surface area (Å²) in [6.45, 7) is 0. The van der Waals surface area contributed by atoms with Crippen LogP contribution in [-0.2, 0) is 12.6 Å². The van der Waals surface area contributed by atoms with E-state index in [0.29, 0.717) is 30.5 Å². The van der Waals surface area contributed by atoms with Crippen LogP contribution in [0.25, 0.3) is 10.6 Å². The maximum atomic E-state index is 13.0. The highest BCUT2D eigenvalue weighted by molar-refractivity contribution is 7.13. The van der Waals surface area contributed by atoms with E-state index in [9.17, 15) is 17.6 Å². The van der Waals surface area contributed by atoms with Gasteiger partial charge in [0.1, 0.15) is 10.8 Å². The lowest BCUT2D eigenvalue weighted by atomic mass is 10.1. The van der Waals surface area contributed by atoms with Crippen LogP contribution in [0.1, 0.15) is 17.7 Å². The van der Waals surface area contributed by atoms with Crippen molar-refractivity contribution in [1.29, 1.82) is 0 Å². The fraction of sp³-hybridized carbons (Fsp3) is 0.308. The molecule has 0 bridgehead atoms. The number of aromatic nitrogens is 1. The number of hydrogen-bond donors (Lipinski definition) is 0. The first-order valence-electron chi connectivity index (χ1n) is 5.79. The largest absolute Gasteiger partial charge is 0.417 e. The minimum atomic E-state index is -4.61. The molecule has 0 N–H and O–H groups in total. The SMILES string of the molecule is Fc1ccc(-c2nc(CCCCl)cs2)c(C(F)(F)F)c1. The van der Waals surface area contributed by atoms with Crippen molar-refractivity contribution in [3.8, 4) is 10.6 Å². The fourth-order valence-electron chi connectivity index (χ4n) is 1.73. The summed E-state index contributed by atoms with van der Waals surface area (Å²) in [5.41, 5.74) is -0.403. The number of hydrogen-bond acceptors (Lipinski definition) is 2. The monoisotopic (exact) mass is 323 g/mol. The fourth-order valence-corrected chi connectivity index (χ4v) is 2.76. The van der Waals surface area contributed by atoms with E-state index in [1.807, 2.05) is 0 Å². The number of benzene rings is 1. The van der Waals surface area contributed by atoms with Gasteiger partial charge in [0, 0.05) is 16.8 Å². The Labute approximate surface area is 122 Å². The Morgan fingerprint density at radius 2 is 2.00 bits per heavy atom. The van der Waals surface area contributed by atoms with Crippen LogP contribution >= 0.6 is 22.9 Å². The van der Waals surface area contributed by atoms with Gasteiger partial charge in [-0.2, -0.15) is 13.2 Å². The number of halogens is 5. The number of rotatable bonds is 4. The van der Waals surface area contributed by atoms with Crippen LogP contribution in [0.4, 0.5) is 17.6 Å². The highest BCUT2D eigenvalue weighted by Gasteiger charge is 2.34. The molecule has 0 amide bonds. The van der Waals surface area contributed by atoms with Gasteiger partial charge in [-0.1, -0.05) is 0 Å². The van der Waals surface area contributed by atoms with E-state index >= 15 is 0 Å². The third kappa shape index (κ3) is 3.49. The predicted molar refractivity (Wildman–Crippen MR) is 71.6 cm³/mol. The molecule has 0 unspecified atom stereocenters. The average molecular weight is 324 g/mol. The first-order chi connectivity index (χ1) is 9.41. The molecule has 0 aliphatic heterocycles. The van der Waals surface area contributed by atoms with Crippen molar-refractivity contribution in [3.05, 3.63) is 40.7 Å². The molecule has 0 atom stereocenters. The van der Waals surface area contributed by atoms with E-state index in [1.165, 1.54) is 0 Å². The van der Waals surface area contributed by atoms with E-state index in [4.69, 9.17) is 11.6 Å². The van der Waals surface area contributed by atoms with E-state index in [2.05, 4.69) is 4.98 Å².